The molecule has 14 heteroatoms. The zero-order chi connectivity index (χ0) is 44.3. The Morgan fingerprint density at radius 3 is 1.58 bits per heavy atom. The fourth-order valence-corrected chi connectivity index (χ4v) is 7.19. The summed E-state index contributed by atoms with van der Waals surface area (Å²) < 4.78 is 38.8. The van der Waals surface area contributed by atoms with Gasteiger partial charge in [-0.1, -0.05) is 83.7 Å². The van der Waals surface area contributed by atoms with E-state index in [0.29, 0.717) is 76.0 Å². The normalized spacial score (nSPS) is 11.3. The Morgan fingerprint density at radius 2 is 1.17 bits per heavy atom. The zero-order valence-corrected chi connectivity index (χ0v) is 37.9. The largest absolute Gasteiger partial charge is 0.488 e. The minimum atomic E-state index is -1.46. The average molecular weight is 924 g/mol. The molecule has 2 unspecified atom stereocenters. The molecular formula is C46H54BBrF2N2O6S2. The molecule has 0 bridgehead atoms. The quantitative estimate of drug-likeness (QED) is 0.0500. The SMILES string of the molecule is CCCCC(C)COC(=O)CCSc1ccc(-c2ccc(C#N)cc2)c(F)c1.CCCCC(C)COC(=O)CCSc1ccc(Br)c(F)c1.N#Cc1ccc(B(O)O)cc1. The number of carbonyl (C=O) groups excluding carboxylic acids is 2. The van der Waals surface area contributed by atoms with Crippen molar-refractivity contribution in [1.29, 1.82) is 10.5 Å². The number of hydrogen-bond acceptors (Lipinski definition) is 10. The molecular weight excluding hydrogens is 869 g/mol. The van der Waals surface area contributed by atoms with Crippen LogP contribution in [-0.2, 0) is 19.1 Å². The molecule has 8 nitrogen and oxygen atoms in total. The molecule has 0 aliphatic heterocycles. The van der Waals surface area contributed by atoms with Crippen LogP contribution in [0.3, 0.4) is 0 Å². The van der Waals surface area contributed by atoms with Gasteiger partial charge in [0.15, 0.2) is 0 Å². The van der Waals surface area contributed by atoms with E-state index in [0.717, 1.165) is 41.0 Å². The van der Waals surface area contributed by atoms with Gasteiger partial charge in [0.25, 0.3) is 0 Å². The van der Waals surface area contributed by atoms with Gasteiger partial charge in [0, 0.05) is 26.9 Å². The third-order valence-electron chi connectivity index (χ3n) is 8.80. The Hall–Kier alpha value is -4.18. The molecule has 2 N–H and O–H groups in total. The van der Waals surface area contributed by atoms with E-state index < -0.39 is 7.12 Å². The molecule has 2 atom stereocenters. The number of unbranched alkanes of at least 4 members (excludes halogenated alkanes) is 2. The number of thioether (sulfide) groups is 2. The van der Waals surface area contributed by atoms with Gasteiger partial charge in [0.05, 0.1) is 53.8 Å². The second-order valence-electron chi connectivity index (χ2n) is 14.1. The van der Waals surface area contributed by atoms with Crippen LogP contribution in [0.25, 0.3) is 11.1 Å². The number of carbonyl (C=O) groups is 2. The summed E-state index contributed by atoms with van der Waals surface area (Å²) in [5.74, 6) is 0.979. The molecule has 0 aliphatic carbocycles. The van der Waals surface area contributed by atoms with Crippen LogP contribution in [-0.4, -0.2) is 53.8 Å². The van der Waals surface area contributed by atoms with E-state index in [4.69, 9.17) is 30.0 Å². The molecule has 0 amide bonds. The van der Waals surface area contributed by atoms with E-state index >= 15 is 0 Å². The lowest BCUT2D eigenvalue weighted by Gasteiger charge is -2.11. The first kappa shape index (κ1) is 52.0. The maximum absolute atomic E-state index is 14.4. The number of ether oxygens (including phenoxy) is 2. The number of esters is 2. The minimum Gasteiger partial charge on any atom is -0.465 e. The summed E-state index contributed by atoms with van der Waals surface area (Å²) in [5.41, 5.74) is 2.67. The van der Waals surface area contributed by atoms with Crippen LogP contribution >= 0.6 is 39.5 Å². The second kappa shape index (κ2) is 29.9. The Bertz CT molecular complexity index is 1980. The average Bonchev–Trinajstić information content (AvgIpc) is 3.25. The first-order valence-corrected chi connectivity index (χ1v) is 22.7. The monoisotopic (exact) mass is 922 g/mol. The van der Waals surface area contributed by atoms with Crippen LogP contribution in [0.4, 0.5) is 8.78 Å². The Morgan fingerprint density at radius 1 is 0.717 bits per heavy atom. The summed E-state index contributed by atoms with van der Waals surface area (Å²) in [6.07, 6.45) is 7.46. The third-order valence-corrected chi connectivity index (χ3v) is 11.4. The maximum atomic E-state index is 14.4. The molecule has 0 heterocycles. The van der Waals surface area contributed by atoms with Crippen LogP contribution in [0, 0.1) is 46.1 Å². The fraction of sp³-hybridized carbons (Fsp3) is 0.391. The number of hydrogen-bond donors (Lipinski definition) is 2. The molecule has 0 fully saturated rings. The summed E-state index contributed by atoms with van der Waals surface area (Å²) in [4.78, 5) is 25.0. The van der Waals surface area contributed by atoms with E-state index in [1.54, 1.807) is 36.4 Å². The number of benzene rings is 4. The first-order chi connectivity index (χ1) is 28.8. The van der Waals surface area contributed by atoms with Crippen LogP contribution in [0.2, 0.25) is 0 Å². The van der Waals surface area contributed by atoms with E-state index in [9.17, 15) is 18.4 Å². The molecule has 0 radical (unpaired) electrons. The molecule has 4 aromatic rings. The van der Waals surface area contributed by atoms with E-state index in [2.05, 4.69) is 49.7 Å². The van der Waals surface area contributed by atoms with Gasteiger partial charge in [0.1, 0.15) is 11.6 Å². The van der Waals surface area contributed by atoms with Crippen molar-refractivity contribution in [3.05, 3.63) is 112 Å². The lowest BCUT2D eigenvalue weighted by molar-refractivity contribution is -0.145. The molecule has 60 heavy (non-hydrogen) atoms. The summed E-state index contributed by atoms with van der Waals surface area (Å²) in [7, 11) is -1.46. The van der Waals surface area contributed by atoms with Gasteiger partial charge in [-0.25, -0.2) is 8.78 Å². The second-order valence-corrected chi connectivity index (χ2v) is 17.3. The fourth-order valence-electron chi connectivity index (χ4n) is 5.23. The molecule has 320 valence electrons. The van der Waals surface area contributed by atoms with Crippen molar-refractivity contribution in [2.75, 3.05) is 24.7 Å². The highest BCUT2D eigenvalue weighted by Crippen LogP contribution is 2.28. The van der Waals surface area contributed by atoms with Crippen LogP contribution in [0.15, 0.2) is 99.2 Å². The van der Waals surface area contributed by atoms with E-state index in [-0.39, 0.29) is 23.6 Å². The predicted octanol–water partition coefficient (Wildman–Crippen LogP) is 10.9. The van der Waals surface area contributed by atoms with Crippen LogP contribution in [0.1, 0.15) is 90.2 Å². The van der Waals surface area contributed by atoms with Gasteiger partial charge >= 0.3 is 19.1 Å². The molecule has 0 spiro atoms. The Balaban J connectivity index is 0.000000339. The highest BCUT2D eigenvalue weighted by atomic mass is 79.9. The predicted molar refractivity (Wildman–Crippen MR) is 242 cm³/mol. The Kier molecular flexibility index (Phi) is 25.9. The van der Waals surface area contributed by atoms with E-state index in [1.807, 2.05) is 18.2 Å². The number of rotatable bonds is 20. The number of halogens is 3. The molecule has 4 aromatic carbocycles. The minimum absolute atomic E-state index is 0.177. The highest BCUT2D eigenvalue weighted by molar-refractivity contribution is 9.10. The van der Waals surface area contributed by atoms with Gasteiger partial charge in [-0.3, -0.25) is 9.59 Å². The standard InChI is InChI=1S/C23H26FNO2S.C16H22BrFO2S.C7H6BNO2/c1-3-4-5-17(2)16-27-23(26)12-13-28-20-10-11-21(22(24)14-20)19-8-6-18(15-25)7-9-19;1-3-4-5-12(2)11-20-16(19)8-9-21-13-6-7-14(17)15(18)10-13;9-5-6-1-3-7(4-2-6)8(10)11/h6-11,14,17H,3-5,12-13,16H2,1-2H3;6-7,10,12H,3-5,8-9,11H2,1-2H3;1-4,10-11H. The highest BCUT2D eigenvalue weighted by Gasteiger charge is 2.12. The van der Waals surface area contributed by atoms with Gasteiger partial charge in [-0.15, -0.1) is 23.5 Å². The van der Waals surface area contributed by atoms with Crippen LogP contribution in [0.5, 0.6) is 0 Å². The molecule has 0 aromatic heterocycles. The summed E-state index contributed by atoms with van der Waals surface area (Å²) in [6.45, 7) is 9.46. The Labute approximate surface area is 371 Å². The number of nitrogens with zero attached hydrogens (tertiary/aromatic N) is 2. The smallest absolute Gasteiger partial charge is 0.465 e. The topological polar surface area (TPSA) is 141 Å². The van der Waals surface area contributed by atoms with Crippen molar-refractivity contribution in [3.8, 4) is 23.3 Å². The van der Waals surface area contributed by atoms with Gasteiger partial charge in [0.2, 0.25) is 0 Å². The van der Waals surface area contributed by atoms with Crippen molar-refractivity contribution in [2.45, 2.75) is 88.9 Å². The van der Waals surface area contributed by atoms with Crippen molar-refractivity contribution in [1.82, 2.24) is 0 Å². The van der Waals surface area contributed by atoms with Crippen molar-refractivity contribution >= 4 is 64.0 Å². The van der Waals surface area contributed by atoms with Crippen LogP contribution < -0.4 is 5.46 Å². The lowest BCUT2D eigenvalue weighted by Crippen LogP contribution is -2.29. The molecule has 4 rings (SSSR count). The lowest BCUT2D eigenvalue weighted by atomic mass is 9.80. The summed E-state index contributed by atoms with van der Waals surface area (Å²) in [6, 6.07) is 26.9. The molecule has 0 saturated carbocycles. The molecule has 0 saturated heterocycles. The van der Waals surface area contributed by atoms with E-state index in [1.165, 1.54) is 72.8 Å². The number of nitriles is 2. The first-order valence-electron chi connectivity index (χ1n) is 20.0. The van der Waals surface area contributed by atoms with Crippen molar-refractivity contribution in [2.24, 2.45) is 11.8 Å². The summed E-state index contributed by atoms with van der Waals surface area (Å²) in [5, 5.41) is 34.6. The van der Waals surface area contributed by atoms with Gasteiger partial charge < -0.3 is 19.5 Å². The van der Waals surface area contributed by atoms with Gasteiger partial charge in [-0.2, -0.15) is 10.5 Å². The third kappa shape index (κ3) is 21.4. The van der Waals surface area contributed by atoms with Crippen molar-refractivity contribution in [3.63, 3.8) is 0 Å². The maximum Gasteiger partial charge on any atom is 0.488 e. The zero-order valence-electron chi connectivity index (χ0n) is 34.7. The van der Waals surface area contributed by atoms with Crippen molar-refractivity contribution < 1.29 is 37.9 Å². The van der Waals surface area contributed by atoms with Gasteiger partial charge in [-0.05, 0) is 106 Å². The molecule has 0 aliphatic rings. The summed E-state index contributed by atoms with van der Waals surface area (Å²) >= 11 is 6.01.